The molecular weight excluding hydrogens is 262 g/mol. The van der Waals surface area contributed by atoms with Crippen LogP contribution in [0.2, 0.25) is 0 Å². The van der Waals surface area contributed by atoms with Gasteiger partial charge in [0.25, 0.3) is 0 Å². The molecule has 4 nitrogen and oxygen atoms in total. The number of aryl methyl sites for hydroxylation is 1. The minimum atomic E-state index is 0.458. The summed E-state index contributed by atoms with van der Waals surface area (Å²) in [6.07, 6.45) is 3.70. The number of aromatic nitrogens is 1. The van der Waals surface area contributed by atoms with E-state index in [1.54, 1.807) is 6.26 Å². The second kappa shape index (κ2) is 7.27. The number of nitrogens with zero attached hydrogens (tertiary/aromatic N) is 2. The average Bonchev–Trinajstić information content (AvgIpc) is 2.96. The summed E-state index contributed by atoms with van der Waals surface area (Å²) in [5, 5.41) is 3.47. The summed E-state index contributed by atoms with van der Waals surface area (Å²) in [5.41, 5.74) is 3.49. The molecule has 4 heteroatoms. The predicted molar refractivity (Wildman–Crippen MR) is 86.4 cm³/mol. The third kappa shape index (κ3) is 4.33. The summed E-state index contributed by atoms with van der Waals surface area (Å²) >= 11 is 0. The summed E-state index contributed by atoms with van der Waals surface area (Å²) in [4.78, 5) is 6.77. The lowest BCUT2D eigenvalue weighted by Gasteiger charge is -2.25. The summed E-state index contributed by atoms with van der Waals surface area (Å²) in [7, 11) is 0. The topological polar surface area (TPSA) is 41.3 Å². The lowest BCUT2D eigenvalue weighted by Crippen LogP contribution is -2.27. The number of pyridine rings is 1. The fourth-order valence-electron chi connectivity index (χ4n) is 2.28. The van der Waals surface area contributed by atoms with Crippen molar-refractivity contribution in [2.24, 2.45) is 0 Å². The Bertz CT molecular complexity index is 549. The first kappa shape index (κ1) is 15.6. The van der Waals surface area contributed by atoms with Gasteiger partial charge in [-0.05, 0) is 32.0 Å². The zero-order chi connectivity index (χ0) is 15.2. The van der Waals surface area contributed by atoms with Crippen molar-refractivity contribution in [3.05, 3.63) is 47.7 Å². The van der Waals surface area contributed by atoms with Crippen LogP contribution in [0.3, 0.4) is 0 Å². The first-order valence-corrected chi connectivity index (χ1v) is 7.56. The van der Waals surface area contributed by atoms with Crippen LogP contribution in [0, 0.1) is 6.92 Å². The Morgan fingerprint density at radius 2 is 2.19 bits per heavy atom. The van der Waals surface area contributed by atoms with Crippen molar-refractivity contribution < 1.29 is 4.42 Å². The van der Waals surface area contributed by atoms with Crippen molar-refractivity contribution in [2.45, 2.75) is 46.8 Å². The summed E-state index contributed by atoms with van der Waals surface area (Å²) in [5.74, 6) is 0.981. The van der Waals surface area contributed by atoms with Gasteiger partial charge in [-0.2, -0.15) is 0 Å². The highest BCUT2D eigenvalue weighted by Crippen LogP contribution is 2.23. The highest BCUT2D eigenvalue weighted by molar-refractivity contribution is 5.53. The quantitative estimate of drug-likeness (QED) is 0.846. The molecule has 0 saturated heterocycles. The number of nitrogens with one attached hydrogen (secondary N) is 1. The monoisotopic (exact) mass is 287 g/mol. The van der Waals surface area contributed by atoms with Crippen LogP contribution < -0.4 is 10.2 Å². The molecule has 1 N–H and O–H groups in total. The molecule has 0 saturated carbocycles. The van der Waals surface area contributed by atoms with Crippen LogP contribution in [-0.2, 0) is 13.1 Å². The minimum absolute atomic E-state index is 0.458. The molecule has 21 heavy (non-hydrogen) atoms. The Morgan fingerprint density at radius 1 is 1.38 bits per heavy atom. The van der Waals surface area contributed by atoms with Gasteiger partial charge in [0.05, 0.1) is 12.8 Å². The number of furan rings is 1. The van der Waals surface area contributed by atoms with Gasteiger partial charge in [-0.25, -0.2) is 0 Å². The molecule has 0 atom stereocenters. The molecule has 2 aromatic rings. The number of anilines is 1. The van der Waals surface area contributed by atoms with Crippen LogP contribution in [0.15, 0.2) is 35.1 Å². The largest absolute Gasteiger partial charge is 0.467 e. The average molecular weight is 287 g/mol. The Kier molecular flexibility index (Phi) is 5.39. The third-order valence-corrected chi connectivity index (χ3v) is 3.45. The number of hydrogen-bond donors (Lipinski definition) is 1. The van der Waals surface area contributed by atoms with Crippen molar-refractivity contribution in [1.29, 1.82) is 0 Å². The van der Waals surface area contributed by atoms with Gasteiger partial charge in [-0.3, -0.25) is 4.98 Å². The normalized spacial score (nSPS) is 11.1. The maximum atomic E-state index is 5.48. The molecule has 0 amide bonds. The molecule has 2 aromatic heterocycles. The fraction of sp³-hybridized carbons (Fsp3) is 0.471. The van der Waals surface area contributed by atoms with Gasteiger partial charge in [0, 0.05) is 42.3 Å². The second-order valence-electron chi connectivity index (χ2n) is 5.58. The molecule has 0 spiro atoms. The van der Waals surface area contributed by atoms with Gasteiger partial charge in [-0.1, -0.05) is 13.8 Å². The highest BCUT2D eigenvalue weighted by atomic mass is 16.3. The third-order valence-electron chi connectivity index (χ3n) is 3.45. The lowest BCUT2D eigenvalue weighted by atomic mass is 10.1. The second-order valence-corrected chi connectivity index (χ2v) is 5.58. The maximum absolute atomic E-state index is 5.48. The smallest absolute Gasteiger partial charge is 0.123 e. The van der Waals surface area contributed by atoms with Crippen LogP contribution in [-0.4, -0.2) is 17.6 Å². The SMILES string of the molecule is CCN(Cc1ccco1)c1cc(C)ncc1CNC(C)C. The van der Waals surface area contributed by atoms with Crippen molar-refractivity contribution in [2.75, 3.05) is 11.4 Å². The van der Waals surface area contributed by atoms with Crippen LogP contribution in [0.1, 0.15) is 37.8 Å². The maximum Gasteiger partial charge on any atom is 0.123 e. The van der Waals surface area contributed by atoms with Crippen LogP contribution in [0.4, 0.5) is 5.69 Å². The van der Waals surface area contributed by atoms with E-state index in [0.29, 0.717) is 6.04 Å². The molecular formula is C17H25N3O. The molecule has 0 aromatic carbocycles. The zero-order valence-corrected chi connectivity index (χ0v) is 13.4. The van der Waals surface area contributed by atoms with Gasteiger partial charge < -0.3 is 14.6 Å². The van der Waals surface area contributed by atoms with Gasteiger partial charge in [0.15, 0.2) is 0 Å². The zero-order valence-electron chi connectivity index (χ0n) is 13.4. The van der Waals surface area contributed by atoms with E-state index in [-0.39, 0.29) is 0 Å². The molecule has 0 bridgehead atoms. The van der Waals surface area contributed by atoms with E-state index in [9.17, 15) is 0 Å². The van der Waals surface area contributed by atoms with Gasteiger partial charge >= 0.3 is 0 Å². The first-order chi connectivity index (χ1) is 10.1. The molecule has 2 rings (SSSR count). The van der Waals surface area contributed by atoms with Crippen molar-refractivity contribution in [3.8, 4) is 0 Å². The van der Waals surface area contributed by atoms with Crippen LogP contribution in [0.25, 0.3) is 0 Å². The standard InChI is InChI=1S/C17H25N3O/c1-5-20(12-16-7-6-8-21-16)17-9-14(4)19-11-15(17)10-18-13(2)3/h6-9,11,13,18H,5,10,12H2,1-4H3. The van der Waals surface area contributed by atoms with E-state index in [1.807, 2.05) is 25.3 Å². The predicted octanol–water partition coefficient (Wildman–Crippen LogP) is 3.51. The van der Waals surface area contributed by atoms with Gasteiger partial charge in [0.1, 0.15) is 5.76 Å². The Balaban J connectivity index is 2.23. The highest BCUT2D eigenvalue weighted by Gasteiger charge is 2.13. The number of rotatable bonds is 7. The van der Waals surface area contributed by atoms with Crippen molar-refractivity contribution >= 4 is 5.69 Å². The van der Waals surface area contributed by atoms with E-state index in [1.165, 1.54) is 11.3 Å². The van der Waals surface area contributed by atoms with Crippen molar-refractivity contribution in [1.82, 2.24) is 10.3 Å². The Labute approximate surface area is 127 Å². The molecule has 0 aliphatic carbocycles. The van der Waals surface area contributed by atoms with E-state index in [0.717, 1.165) is 31.1 Å². The summed E-state index contributed by atoms with van der Waals surface area (Å²) in [6.45, 7) is 11.0. The Hall–Kier alpha value is -1.81. The van der Waals surface area contributed by atoms with E-state index >= 15 is 0 Å². The Morgan fingerprint density at radius 3 is 2.81 bits per heavy atom. The first-order valence-electron chi connectivity index (χ1n) is 7.56. The van der Waals surface area contributed by atoms with Crippen LogP contribution in [0.5, 0.6) is 0 Å². The van der Waals surface area contributed by atoms with Gasteiger partial charge in [-0.15, -0.1) is 0 Å². The van der Waals surface area contributed by atoms with Crippen molar-refractivity contribution in [3.63, 3.8) is 0 Å². The molecule has 0 aliphatic heterocycles. The van der Waals surface area contributed by atoms with Crippen LogP contribution >= 0.6 is 0 Å². The minimum Gasteiger partial charge on any atom is -0.467 e. The molecule has 114 valence electrons. The summed E-state index contributed by atoms with van der Waals surface area (Å²) < 4.78 is 5.48. The molecule has 0 radical (unpaired) electrons. The molecule has 0 unspecified atom stereocenters. The number of hydrogen-bond acceptors (Lipinski definition) is 4. The van der Waals surface area contributed by atoms with E-state index < -0.39 is 0 Å². The van der Waals surface area contributed by atoms with E-state index in [4.69, 9.17) is 4.42 Å². The molecule has 2 heterocycles. The van der Waals surface area contributed by atoms with E-state index in [2.05, 4.69) is 42.0 Å². The molecule has 0 aliphatic rings. The summed E-state index contributed by atoms with van der Waals surface area (Å²) in [6, 6.07) is 6.56. The molecule has 0 fully saturated rings. The fourth-order valence-corrected chi connectivity index (χ4v) is 2.28. The van der Waals surface area contributed by atoms with Gasteiger partial charge in [0.2, 0.25) is 0 Å². The lowest BCUT2D eigenvalue weighted by molar-refractivity contribution is 0.503.